The van der Waals surface area contributed by atoms with E-state index < -0.39 is 10.9 Å². The number of ether oxygens (including phenoxy) is 2. The number of methoxy groups -OCH3 is 1. The van der Waals surface area contributed by atoms with Gasteiger partial charge in [-0.2, -0.15) is 0 Å². The highest BCUT2D eigenvalue weighted by molar-refractivity contribution is 5.89. The maximum atomic E-state index is 11.7. The summed E-state index contributed by atoms with van der Waals surface area (Å²) in [4.78, 5) is 21.7. The molecule has 2 aromatic carbocycles. The zero-order valence-corrected chi connectivity index (χ0v) is 11.8. The van der Waals surface area contributed by atoms with Gasteiger partial charge in [-0.1, -0.05) is 18.2 Å². The van der Waals surface area contributed by atoms with Crippen LogP contribution >= 0.6 is 0 Å². The fourth-order valence-corrected chi connectivity index (χ4v) is 1.75. The first-order valence-electron chi connectivity index (χ1n) is 6.37. The Morgan fingerprint density at radius 3 is 2.45 bits per heavy atom. The molecule has 112 valence electrons. The molecule has 0 saturated heterocycles. The van der Waals surface area contributed by atoms with E-state index >= 15 is 0 Å². The van der Waals surface area contributed by atoms with Crippen molar-refractivity contribution >= 4 is 17.7 Å². The second-order valence-corrected chi connectivity index (χ2v) is 4.25. The lowest BCUT2D eigenvalue weighted by molar-refractivity contribution is -0.384. The van der Waals surface area contributed by atoms with Gasteiger partial charge in [0.25, 0.3) is 5.69 Å². The van der Waals surface area contributed by atoms with E-state index in [1.165, 1.54) is 30.3 Å². The predicted octanol–water partition coefficient (Wildman–Crippen LogP) is 3.22. The van der Waals surface area contributed by atoms with Gasteiger partial charge in [-0.15, -0.1) is 0 Å². The molecule has 0 N–H and O–H groups in total. The smallest absolute Gasteiger partial charge is 0.336 e. The van der Waals surface area contributed by atoms with E-state index in [1.54, 1.807) is 25.3 Å². The monoisotopic (exact) mass is 299 g/mol. The van der Waals surface area contributed by atoms with Crippen molar-refractivity contribution < 1.29 is 19.2 Å². The Morgan fingerprint density at radius 1 is 1.14 bits per heavy atom. The van der Waals surface area contributed by atoms with Gasteiger partial charge in [0.15, 0.2) is 0 Å². The molecule has 0 atom stereocenters. The molecule has 0 aliphatic carbocycles. The van der Waals surface area contributed by atoms with Gasteiger partial charge in [-0.05, 0) is 24.3 Å². The Morgan fingerprint density at radius 2 is 1.82 bits per heavy atom. The second-order valence-electron chi connectivity index (χ2n) is 4.25. The Kier molecular flexibility index (Phi) is 4.87. The number of benzene rings is 2. The van der Waals surface area contributed by atoms with Crippen molar-refractivity contribution in [3.8, 4) is 11.5 Å². The number of non-ortho nitro benzene ring substituents is 1. The zero-order chi connectivity index (χ0) is 15.9. The van der Waals surface area contributed by atoms with Crippen molar-refractivity contribution in [3.63, 3.8) is 0 Å². The lowest BCUT2D eigenvalue weighted by Crippen LogP contribution is -2.03. The fourth-order valence-electron chi connectivity index (χ4n) is 1.75. The summed E-state index contributed by atoms with van der Waals surface area (Å²) in [6.07, 6.45) is 2.84. The summed E-state index contributed by atoms with van der Waals surface area (Å²) in [6.45, 7) is 0. The fraction of sp³-hybridized carbons (Fsp3) is 0.0625. The molecule has 0 amide bonds. The van der Waals surface area contributed by atoms with Crippen LogP contribution in [0.1, 0.15) is 5.56 Å². The number of hydrogen-bond donors (Lipinski definition) is 0. The third-order valence-corrected chi connectivity index (χ3v) is 2.80. The Labute approximate surface area is 126 Å². The number of esters is 1. The molecule has 0 spiro atoms. The number of para-hydroxylation sites is 1. The highest BCUT2D eigenvalue weighted by Crippen LogP contribution is 2.20. The summed E-state index contributed by atoms with van der Waals surface area (Å²) in [6, 6.07) is 12.5. The number of nitro benzene ring substituents is 1. The number of carbonyl (C=O) groups is 1. The van der Waals surface area contributed by atoms with Crippen molar-refractivity contribution in [1.29, 1.82) is 0 Å². The summed E-state index contributed by atoms with van der Waals surface area (Å²) >= 11 is 0. The summed E-state index contributed by atoms with van der Waals surface area (Å²) in [5.74, 6) is 0.293. The normalized spacial score (nSPS) is 10.4. The summed E-state index contributed by atoms with van der Waals surface area (Å²) in [5, 5.41) is 10.5. The van der Waals surface area contributed by atoms with Gasteiger partial charge in [-0.25, -0.2) is 4.79 Å². The molecule has 6 heteroatoms. The van der Waals surface area contributed by atoms with Gasteiger partial charge < -0.3 is 9.47 Å². The zero-order valence-electron chi connectivity index (χ0n) is 11.8. The van der Waals surface area contributed by atoms with Crippen molar-refractivity contribution in [2.45, 2.75) is 0 Å². The number of nitrogens with zero attached hydrogens (tertiary/aromatic N) is 1. The number of nitro groups is 1. The maximum absolute atomic E-state index is 11.7. The lowest BCUT2D eigenvalue weighted by Gasteiger charge is -2.03. The van der Waals surface area contributed by atoms with Crippen LogP contribution in [0.4, 0.5) is 5.69 Å². The molecule has 0 fully saturated rings. The van der Waals surface area contributed by atoms with Crippen molar-refractivity contribution in [1.82, 2.24) is 0 Å². The minimum absolute atomic E-state index is 0.0654. The molecule has 0 aliphatic heterocycles. The highest BCUT2D eigenvalue weighted by Gasteiger charge is 2.06. The van der Waals surface area contributed by atoms with Crippen LogP contribution in [0.3, 0.4) is 0 Å². The van der Waals surface area contributed by atoms with Crippen LogP contribution in [0.2, 0.25) is 0 Å². The quantitative estimate of drug-likeness (QED) is 0.278. The molecule has 0 bridgehead atoms. The number of carbonyl (C=O) groups excluding carboxylic acids is 1. The molecule has 6 nitrogen and oxygen atoms in total. The predicted molar refractivity (Wildman–Crippen MR) is 80.8 cm³/mol. The van der Waals surface area contributed by atoms with E-state index in [-0.39, 0.29) is 11.4 Å². The van der Waals surface area contributed by atoms with E-state index in [2.05, 4.69) is 0 Å². The molecule has 0 aromatic heterocycles. The first kappa shape index (κ1) is 15.2. The molecule has 0 aliphatic rings. The summed E-state index contributed by atoms with van der Waals surface area (Å²) in [7, 11) is 1.54. The Bertz CT molecular complexity index is 707. The minimum Gasteiger partial charge on any atom is -0.496 e. The van der Waals surface area contributed by atoms with Crippen molar-refractivity contribution in [2.24, 2.45) is 0 Å². The van der Waals surface area contributed by atoms with E-state index in [0.29, 0.717) is 5.75 Å². The van der Waals surface area contributed by atoms with Crippen LogP contribution in [0.15, 0.2) is 54.6 Å². The standard InChI is InChI=1S/C16H13NO5/c1-21-15-5-3-2-4-12(15)6-11-16(18)22-14-9-7-13(8-10-14)17(19)20/h2-11H,1H3. The summed E-state index contributed by atoms with van der Waals surface area (Å²) in [5.41, 5.74) is 0.676. The molecule has 2 rings (SSSR count). The van der Waals surface area contributed by atoms with E-state index in [9.17, 15) is 14.9 Å². The third kappa shape index (κ3) is 3.92. The molecular formula is C16H13NO5. The first-order valence-corrected chi connectivity index (χ1v) is 6.37. The molecule has 0 saturated carbocycles. The van der Waals surface area contributed by atoms with E-state index in [1.807, 2.05) is 12.1 Å². The topological polar surface area (TPSA) is 78.7 Å². The minimum atomic E-state index is -0.584. The van der Waals surface area contributed by atoms with Crippen LogP contribution in [0, 0.1) is 10.1 Å². The average molecular weight is 299 g/mol. The van der Waals surface area contributed by atoms with E-state index in [0.717, 1.165) is 5.56 Å². The highest BCUT2D eigenvalue weighted by atomic mass is 16.6. The van der Waals surface area contributed by atoms with Crippen LogP contribution in [-0.4, -0.2) is 18.0 Å². The number of rotatable bonds is 5. The van der Waals surface area contributed by atoms with Crippen molar-refractivity contribution in [2.75, 3.05) is 7.11 Å². The Balaban J connectivity index is 2.03. The molecule has 0 radical (unpaired) electrons. The van der Waals surface area contributed by atoms with Crippen LogP contribution < -0.4 is 9.47 Å². The molecule has 2 aromatic rings. The SMILES string of the molecule is COc1ccccc1C=CC(=O)Oc1ccc([N+](=O)[O-])cc1. The third-order valence-electron chi connectivity index (χ3n) is 2.80. The molecular weight excluding hydrogens is 286 g/mol. The molecule has 22 heavy (non-hydrogen) atoms. The van der Waals surface area contributed by atoms with Crippen LogP contribution in [0.25, 0.3) is 6.08 Å². The summed E-state index contributed by atoms with van der Waals surface area (Å²) < 4.78 is 10.2. The average Bonchev–Trinajstić information content (AvgIpc) is 2.53. The van der Waals surface area contributed by atoms with Gasteiger partial charge in [0, 0.05) is 23.8 Å². The van der Waals surface area contributed by atoms with Crippen LogP contribution in [-0.2, 0) is 4.79 Å². The van der Waals surface area contributed by atoms with Crippen LogP contribution in [0.5, 0.6) is 11.5 Å². The van der Waals surface area contributed by atoms with Gasteiger partial charge in [-0.3, -0.25) is 10.1 Å². The van der Waals surface area contributed by atoms with E-state index in [4.69, 9.17) is 9.47 Å². The maximum Gasteiger partial charge on any atom is 0.336 e. The van der Waals surface area contributed by atoms with Gasteiger partial charge in [0.05, 0.1) is 12.0 Å². The van der Waals surface area contributed by atoms with Gasteiger partial charge in [0.2, 0.25) is 0 Å². The first-order chi connectivity index (χ1) is 10.6. The number of hydrogen-bond acceptors (Lipinski definition) is 5. The lowest BCUT2D eigenvalue weighted by atomic mass is 10.2. The second kappa shape index (κ2) is 7.03. The molecule has 0 heterocycles. The molecule has 0 unspecified atom stereocenters. The largest absolute Gasteiger partial charge is 0.496 e. The van der Waals surface area contributed by atoms with Gasteiger partial charge in [0.1, 0.15) is 11.5 Å². The van der Waals surface area contributed by atoms with Crippen molar-refractivity contribution in [3.05, 3.63) is 70.3 Å². The van der Waals surface area contributed by atoms with Gasteiger partial charge >= 0.3 is 5.97 Å². The Hall–Kier alpha value is -3.15.